The summed E-state index contributed by atoms with van der Waals surface area (Å²) in [4.78, 5) is 0. The molecule has 75 heavy (non-hydrogen) atoms. The minimum atomic E-state index is -0.821. The first-order valence-corrected chi connectivity index (χ1v) is 28.2. The Labute approximate surface area is 447 Å². The summed E-state index contributed by atoms with van der Waals surface area (Å²) in [6.45, 7) is 15.6. The quantitative estimate of drug-likeness (QED) is 0.0979. The van der Waals surface area contributed by atoms with Crippen molar-refractivity contribution in [2.45, 2.75) is 141 Å². The van der Waals surface area contributed by atoms with Gasteiger partial charge in [0.1, 0.15) is 24.7 Å². The van der Waals surface area contributed by atoms with E-state index in [1.165, 1.54) is 63.8 Å². The Morgan fingerprint density at radius 3 is 1.64 bits per heavy atom. The second-order valence-electron chi connectivity index (χ2n) is 23.5. The van der Waals surface area contributed by atoms with Crippen LogP contribution in [0.25, 0.3) is 5.57 Å². The molecule has 6 aliphatic rings. The maximum absolute atomic E-state index is 12.4. The van der Waals surface area contributed by atoms with E-state index in [1.807, 2.05) is 36.4 Å². The fourth-order valence-electron chi connectivity index (χ4n) is 15.7. The molecule has 1 N–H and O–H groups in total. The Bertz CT molecular complexity index is 2930. The fraction of sp³-hybridized carbons (Fsp3) is 0.400. The predicted molar refractivity (Wildman–Crippen MR) is 303 cm³/mol. The van der Waals surface area contributed by atoms with E-state index in [0.717, 1.165) is 62.9 Å². The molecule has 6 aromatic rings. The molecule has 12 rings (SSSR count). The van der Waals surface area contributed by atoms with Crippen LogP contribution in [-0.4, -0.2) is 22.9 Å². The molecule has 6 aromatic carbocycles. The summed E-state index contributed by atoms with van der Waals surface area (Å²) in [6, 6.07) is 55.2. The van der Waals surface area contributed by atoms with E-state index in [1.54, 1.807) is 11.1 Å². The number of hydrogen-bond donors (Lipinski definition) is 1. The normalized spacial score (nSPS) is 29.0. The standard InChI is InChI=1S/C35H40O3.C35H38O2/c1-3-20-35(36)24-34(2)31(18-19-32(34)38-23-26-12-8-5-9-13-26)30-16-14-27-21-28(15-17-29(27)33(30)35)37-22-25-10-6-4-7-11-25;1-3-10-28-22-35(2)32(19-20-33(35)37-24-26-13-8-5-9-14-26)31-17-15-27-21-29(16-18-30(27)34(28)31)36-23-25-11-6-4-7-12-25/h3-13,15,17,21,30-33,36H,1,14,16,18-20,22-24H2,2H3;3-9,11-14,16,18,21,31-33H,1,10,15,17,19-20,22-24H2,2H3/t30?,31?,32-,33?,34-,35-;31?,32?,33-,35-/m00/s1. The van der Waals surface area contributed by atoms with Crippen LogP contribution in [0.3, 0.4) is 0 Å². The molecule has 0 aromatic heterocycles. The Morgan fingerprint density at radius 2 is 1.07 bits per heavy atom. The molecule has 3 fully saturated rings. The minimum absolute atomic E-state index is 0.0378. The summed E-state index contributed by atoms with van der Waals surface area (Å²) >= 11 is 0. The van der Waals surface area contributed by atoms with Gasteiger partial charge in [0, 0.05) is 11.3 Å². The average molecular weight is 999 g/mol. The van der Waals surface area contributed by atoms with Gasteiger partial charge in [-0.25, -0.2) is 0 Å². The number of hydrogen-bond acceptors (Lipinski definition) is 5. The highest BCUT2D eigenvalue weighted by molar-refractivity contribution is 5.77. The fourth-order valence-corrected chi connectivity index (χ4v) is 15.7. The SMILES string of the molecule is C=CCC1=C2c3ccc(OCc4ccccc4)cc3CCC2C2CC[C@H](OCc3ccccc3)[C@@]2(C)C1.C=CC[C@]1(O)C[C@@]2(C)C(CC[C@@H]2OCc2ccccc2)C2CCc3cc(OCc4ccccc4)ccc3C21. The van der Waals surface area contributed by atoms with Crippen LogP contribution in [0.15, 0.2) is 189 Å². The summed E-state index contributed by atoms with van der Waals surface area (Å²) in [7, 11) is 0. The highest BCUT2D eigenvalue weighted by atomic mass is 16.5. The monoisotopic (exact) mass is 999 g/mol. The number of ether oxygens (including phenoxy) is 4. The summed E-state index contributed by atoms with van der Waals surface area (Å²) in [5, 5.41) is 12.4. The molecule has 5 nitrogen and oxygen atoms in total. The molecule has 0 heterocycles. The van der Waals surface area contributed by atoms with Gasteiger partial charge in [-0.1, -0.05) is 165 Å². The maximum atomic E-state index is 12.4. The lowest BCUT2D eigenvalue weighted by molar-refractivity contribution is -0.151. The number of fused-ring (bicyclic) bond motifs is 10. The van der Waals surface area contributed by atoms with Gasteiger partial charge in [-0.2, -0.15) is 0 Å². The van der Waals surface area contributed by atoms with E-state index in [0.29, 0.717) is 62.6 Å². The van der Waals surface area contributed by atoms with Gasteiger partial charge in [0.2, 0.25) is 0 Å². The first-order valence-electron chi connectivity index (χ1n) is 28.2. The molecule has 0 amide bonds. The lowest BCUT2D eigenvalue weighted by atomic mass is 9.49. The smallest absolute Gasteiger partial charge is 0.120 e. The Kier molecular flexibility index (Phi) is 15.2. The van der Waals surface area contributed by atoms with Crippen LogP contribution in [0.2, 0.25) is 0 Å². The summed E-state index contributed by atoms with van der Waals surface area (Å²) < 4.78 is 25.6. The van der Waals surface area contributed by atoms with Crippen LogP contribution in [0.1, 0.15) is 128 Å². The van der Waals surface area contributed by atoms with Crippen molar-refractivity contribution in [3.8, 4) is 11.5 Å². The zero-order valence-electron chi connectivity index (χ0n) is 44.5. The second-order valence-corrected chi connectivity index (χ2v) is 23.5. The number of benzene rings is 6. The van der Waals surface area contributed by atoms with Gasteiger partial charge in [-0.15, -0.1) is 13.2 Å². The molecule has 388 valence electrons. The largest absolute Gasteiger partial charge is 0.489 e. The van der Waals surface area contributed by atoms with Crippen LogP contribution in [0.4, 0.5) is 0 Å². The van der Waals surface area contributed by atoms with Crippen LogP contribution < -0.4 is 9.47 Å². The minimum Gasteiger partial charge on any atom is -0.489 e. The zero-order valence-corrected chi connectivity index (χ0v) is 44.5. The Balaban J connectivity index is 0.000000161. The molecule has 5 unspecified atom stereocenters. The van der Waals surface area contributed by atoms with Crippen molar-refractivity contribution >= 4 is 5.57 Å². The third-order valence-corrected chi connectivity index (χ3v) is 18.9. The first-order chi connectivity index (χ1) is 36.7. The van der Waals surface area contributed by atoms with Crippen molar-refractivity contribution < 1.29 is 24.1 Å². The molecule has 0 saturated heterocycles. The number of rotatable bonds is 16. The topological polar surface area (TPSA) is 57.2 Å². The number of aliphatic hydroxyl groups is 1. The van der Waals surface area contributed by atoms with E-state index < -0.39 is 5.60 Å². The van der Waals surface area contributed by atoms with Gasteiger partial charge in [-0.05, 0) is 180 Å². The first kappa shape index (κ1) is 51.1. The van der Waals surface area contributed by atoms with Gasteiger partial charge in [0.05, 0.1) is 31.0 Å². The van der Waals surface area contributed by atoms with Crippen LogP contribution in [0.5, 0.6) is 11.5 Å². The molecule has 0 spiro atoms. The highest BCUT2D eigenvalue weighted by Crippen LogP contribution is 2.66. The molecule has 10 atom stereocenters. The van der Waals surface area contributed by atoms with Crippen LogP contribution in [0, 0.1) is 34.5 Å². The zero-order chi connectivity index (χ0) is 51.4. The van der Waals surface area contributed by atoms with Gasteiger partial charge in [0.15, 0.2) is 0 Å². The molecule has 5 heteroatoms. The predicted octanol–water partition coefficient (Wildman–Crippen LogP) is 16.2. The number of allylic oxidation sites excluding steroid dienone is 3. The molecule has 0 radical (unpaired) electrons. The van der Waals surface area contributed by atoms with Crippen LogP contribution >= 0.6 is 0 Å². The van der Waals surface area contributed by atoms with Crippen molar-refractivity contribution in [2.75, 3.05) is 0 Å². The van der Waals surface area contributed by atoms with Crippen molar-refractivity contribution in [3.05, 3.63) is 233 Å². The van der Waals surface area contributed by atoms with Crippen molar-refractivity contribution in [2.24, 2.45) is 34.5 Å². The molecule has 0 aliphatic heterocycles. The highest BCUT2D eigenvalue weighted by Gasteiger charge is 2.63. The van der Waals surface area contributed by atoms with Crippen LogP contribution in [-0.2, 0) is 48.7 Å². The van der Waals surface area contributed by atoms with Crippen molar-refractivity contribution in [1.82, 2.24) is 0 Å². The summed E-state index contributed by atoms with van der Waals surface area (Å²) in [6.07, 6.45) is 17.1. The van der Waals surface area contributed by atoms with Gasteiger partial charge in [0.25, 0.3) is 0 Å². The third kappa shape index (κ3) is 10.5. The average Bonchev–Trinajstić information content (AvgIpc) is 3.97. The van der Waals surface area contributed by atoms with Gasteiger partial charge >= 0.3 is 0 Å². The van der Waals surface area contributed by atoms with Crippen molar-refractivity contribution in [3.63, 3.8) is 0 Å². The summed E-state index contributed by atoms with van der Waals surface area (Å²) in [5.41, 5.74) is 12.9. The van der Waals surface area contributed by atoms with Gasteiger partial charge < -0.3 is 24.1 Å². The van der Waals surface area contributed by atoms with Crippen molar-refractivity contribution in [1.29, 1.82) is 0 Å². The molecule has 0 bridgehead atoms. The lowest BCUT2D eigenvalue weighted by Gasteiger charge is -2.58. The van der Waals surface area contributed by atoms with E-state index in [2.05, 4.69) is 160 Å². The Morgan fingerprint density at radius 1 is 0.547 bits per heavy atom. The summed E-state index contributed by atoms with van der Waals surface area (Å²) in [5.74, 6) is 4.31. The number of aryl methyl sites for hydroxylation is 2. The molecule has 3 saturated carbocycles. The van der Waals surface area contributed by atoms with E-state index in [4.69, 9.17) is 18.9 Å². The van der Waals surface area contributed by atoms with E-state index in [9.17, 15) is 5.11 Å². The Hall–Kier alpha value is -5.98. The third-order valence-electron chi connectivity index (χ3n) is 18.9. The molecular formula is C70H78O5. The van der Waals surface area contributed by atoms with E-state index >= 15 is 0 Å². The molecule has 6 aliphatic carbocycles. The molecular weight excluding hydrogens is 921 g/mol. The van der Waals surface area contributed by atoms with E-state index in [-0.39, 0.29) is 22.9 Å². The lowest BCUT2D eigenvalue weighted by Crippen LogP contribution is -2.56. The van der Waals surface area contributed by atoms with Gasteiger partial charge in [-0.3, -0.25) is 0 Å². The maximum Gasteiger partial charge on any atom is 0.120 e. The second kappa shape index (κ2) is 22.3.